The van der Waals surface area contributed by atoms with E-state index in [0.29, 0.717) is 17.6 Å². The summed E-state index contributed by atoms with van der Waals surface area (Å²) >= 11 is 0. The topological polar surface area (TPSA) is 78.7 Å². The molecule has 8 nitrogen and oxygen atoms in total. The predicted octanol–water partition coefficient (Wildman–Crippen LogP) is 2.13. The molecule has 2 aliphatic rings. The zero-order valence-electron chi connectivity index (χ0n) is 16.3. The number of halogens is 1. The molecule has 0 saturated carbocycles. The lowest BCUT2D eigenvalue weighted by molar-refractivity contribution is 0.0773. The average molecular weight is 395 g/mol. The van der Waals surface area contributed by atoms with Gasteiger partial charge < -0.3 is 4.90 Å². The molecule has 0 aliphatic carbocycles. The van der Waals surface area contributed by atoms with Crippen molar-refractivity contribution in [1.82, 2.24) is 30.0 Å². The van der Waals surface area contributed by atoms with Crippen LogP contribution in [0.5, 0.6) is 0 Å². The van der Waals surface area contributed by atoms with Gasteiger partial charge in [-0.15, -0.1) is 0 Å². The average Bonchev–Trinajstić information content (AvgIpc) is 3.34. The molecule has 150 valence electrons. The molecule has 3 aromatic heterocycles. The molecule has 9 heteroatoms. The lowest BCUT2D eigenvalue weighted by Gasteiger charge is -2.29. The third-order valence-electron chi connectivity index (χ3n) is 5.90. The van der Waals surface area contributed by atoms with Gasteiger partial charge in [-0.05, 0) is 37.5 Å². The third-order valence-corrected chi connectivity index (χ3v) is 5.90. The number of fused-ring (bicyclic) bond motifs is 5. The van der Waals surface area contributed by atoms with Crippen LogP contribution in [0.25, 0.3) is 5.65 Å². The van der Waals surface area contributed by atoms with Crippen LogP contribution < -0.4 is 10.3 Å². The summed E-state index contributed by atoms with van der Waals surface area (Å²) in [4.78, 5) is 24.2. The van der Waals surface area contributed by atoms with Crippen molar-refractivity contribution in [2.24, 2.45) is 0 Å². The number of hydrazine groups is 1. The maximum atomic E-state index is 14.1. The Morgan fingerprint density at radius 2 is 2.17 bits per heavy atom. The molecule has 0 spiro atoms. The SMILES string of the molecule is C[C@H]1Cc2ncc(F)cc2[C@H]2CCCN2c2ccn3ncc(c3n2)C(=O)NN1C. The Bertz CT molecular complexity index is 1100. The molecule has 5 rings (SSSR count). The molecule has 0 unspecified atom stereocenters. The molecule has 0 aromatic carbocycles. The summed E-state index contributed by atoms with van der Waals surface area (Å²) in [6.07, 6.45) is 7.08. The maximum Gasteiger partial charge on any atom is 0.271 e. The minimum absolute atomic E-state index is 0.00330. The highest BCUT2D eigenvalue weighted by molar-refractivity contribution is 5.99. The van der Waals surface area contributed by atoms with Crippen LogP contribution in [0.15, 0.2) is 30.7 Å². The molecule has 0 radical (unpaired) electrons. The quantitative estimate of drug-likeness (QED) is 0.628. The molecule has 2 atom stereocenters. The van der Waals surface area contributed by atoms with E-state index in [4.69, 9.17) is 4.98 Å². The van der Waals surface area contributed by atoms with Crippen molar-refractivity contribution in [1.29, 1.82) is 0 Å². The molecule has 1 saturated heterocycles. The number of aromatic nitrogens is 4. The second-order valence-electron chi connectivity index (χ2n) is 7.76. The number of likely N-dealkylation sites (N-methyl/N-ethyl adjacent to an activating group) is 1. The lowest BCUT2D eigenvalue weighted by Crippen LogP contribution is -2.45. The predicted molar refractivity (Wildman–Crippen MR) is 105 cm³/mol. The van der Waals surface area contributed by atoms with Gasteiger partial charge in [0.15, 0.2) is 5.65 Å². The van der Waals surface area contributed by atoms with E-state index in [1.807, 2.05) is 20.0 Å². The van der Waals surface area contributed by atoms with Gasteiger partial charge in [-0.25, -0.2) is 18.9 Å². The molecule has 2 bridgehead atoms. The van der Waals surface area contributed by atoms with Gasteiger partial charge in [0.05, 0.1) is 18.4 Å². The highest BCUT2D eigenvalue weighted by Crippen LogP contribution is 2.37. The molecule has 1 amide bonds. The number of hydrogen-bond donors (Lipinski definition) is 1. The Morgan fingerprint density at radius 3 is 3.03 bits per heavy atom. The van der Waals surface area contributed by atoms with Gasteiger partial charge in [0.1, 0.15) is 17.2 Å². The van der Waals surface area contributed by atoms with Crippen LogP contribution in [0.4, 0.5) is 10.2 Å². The van der Waals surface area contributed by atoms with Crippen LogP contribution >= 0.6 is 0 Å². The summed E-state index contributed by atoms with van der Waals surface area (Å²) in [6, 6.07) is 3.45. The fourth-order valence-electron chi connectivity index (χ4n) is 4.23. The minimum Gasteiger partial charge on any atom is -0.349 e. The van der Waals surface area contributed by atoms with E-state index in [-0.39, 0.29) is 23.8 Å². The second-order valence-corrected chi connectivity index (χ2v) is 7.76. The van der Waals surface area contributed by atoms with Crippen molar-refractivity contribution < 1.29 is 9.18 Å². The van der Waals surface area contributed by atoms with E-state index in [0.717, 1.165) is 36.5 Å². The first-order chi connectivity index (χ1) is 14.0. The van der Waals surface area contributed by atoms with E-state index < -0.39 is 0 Å². The van der Waals surface area contributed by atoms with Crippen LogP contribution in [0, 0.1) is 5.82 Å². The van der Waals surface area contributed by atoms with Crippen LogP contribution in [-0.2, 0) is 6.42 Å². The van der Waals surface area contributed by atoms with E-state index in [9.17, 15) is 9.18 Å². The normalized spacial score (nSPS) is 22.6. The van der Waals surface area contributed by atoms with Gasteiger partial charge in [0.25, 0.3) is 5.91 Å². The number of pyridine rings is 1. The molecule has 2 aliphatic heterocycles. The van der Waals surface area contributed by atoms with Gasteiger partial charge in [0, 0.05) is 37.9 Å². The summed E-state index contributed by atoms with van der Waals surface area (Å²) in [6.45, 7) is 2.82. The van der Waals surface area contributed by atoms with E-state index >= 15 is 0 Å². The largest absolute Gasteiger partial charge is 0.349 e. The van der Waals surface area contributed by atoms with Gasteiger partial charge in [0.2, 0.25) is 0 Å². The zero-order chi connectivity index (χ0) is 20.1. The number of carbonyl (C=O) groups excluding carboxylic acids is 1. The zero-order valence-corrected chi connectivity index (χ0v) is 16.3. The molecule has 5 heterocycles. The van der Waals surface area contributed by atoms with Crippen molar-refractivity contribution in [3.63, 3.8) is 0 Å². The van der Waals surface area contributed by atoms with Gasteiger partial charge in [-0.2, -0.15) is 5.10 Å². The van der Waals surface area contributed by atoms with E-state index in [1.165, 1.54) is 12.4 Å². The first-order valence-corrected chi connectivity index (χ1v) is 9.80. The van der Waals surface area contributed by atoms with Gasteiger partial charge in [-0.3, -0.25) is 15.2 Å². The monoisotopic (exact) mass is 395 g/mol. The molecule has 1 fully saturated rings. The second kappa shape index (κ2) is 6.77. The highest BCUT2D eigenvalue weighted by Gasteiger charge is 2.31. The molecular weight excluding hydrogens is 373 g/mol. The fourth-order valence-corrected chi connectivity index (χ4v) is 4.23. The molecule has 29 heavy (non-hydrogen) atoms. The van der Waals surface area contributed by atoms with Crippen molar-refractivity contribution in [3.8, 4) is 0 Å². The number of anilines is 1. The Morgan fingerprint density at radius 1 is 1.31 bits per heavy atom. The minimum atomic E-state index is -0.337. The summed E-state index contributed by atoms with van der Waals surface area (Å²) in [7, 11) is 1.82. The number of hydrogen-bond acceptors (Lipinski definition) is 6. The summed E-state index contributed by atoms with van der Waals surface area (Å²) < 4.78 is 15.7. The third kappa shape index (κ3) is 3.02. The van der Waals surface area contributed by atoms with Crippen LogP contribution in [-0.4, -0.2) is 50.1 Å². The van der Waals surface area contributed by atoms with Crippen molar-refractivity contribution in [2.75, 3.05) is 18.5 Å². The maximum absolute atomic E-state index is 14.1. The van der Waals surface area contributed by atoms with Gasteiger partial charge >= 0.3 is 0 Å². The van der Waals surface area contributed by atoms with E-state index in [1.54, 1.807) is 21.8 Å². The highest BCUT2D eigenvalue weighted by atomic mass is 19.1. The number of rotatable bonds is 0. The van der Waals surface area contributed by atoms with Crippen molar-refractivity contribution in [2.45, 2.75) is 38.3 Å². The van der Waals surface area contributed by atoms with Gasteiger partial charge in [-0.1, -0.05) is 0 Å². The Labute approximate surface area is 167 Å². The van der Waals surface area contributed by atoms with Crippen LogP contribution in [0.1, 0.15) is 47.4 Å². The van der Waals surface area contributed by atoms with Crippen LogP contribution in [0.2, 0.25) is 0 Å². The number of carbonyl (C=O) groups is 1. The lowest BCUT2D eigenvalue weighted by atomic mass is 9.98. The standard InChI is InChI=1S/C20H22FN7O/c1-12-8-16-14(9-13(21)10-22-16)17-4-3-6-27(17)18-5-7-28-19(24-18)15(11-23-28)20(29)25-26(12)2/h5,7,9-12,17H,3-4,6,8H2,1-2H3,(H,25,29)/t12-,17+/m0/s1. The Hall–Kier alpha value is -3.07. The van der Waals surface area contributed by atoms with E-state index in [2.05, 4.69) is 20.4 Å². The number of nitrogens with one attached hydrogen (secondary N) is 1. The number of nitrogens with zero attached hydrogens (tertiary/aromatic N) is 6. The molecule has 1 N–H and O–H groups in total. The Kier molecular flexibility index (Phi) is 4.20. The first kappa shape index (κ1) is 18.0. The first-order valence-electron chi connectivity index (χ1n) is 9.80. The smallest absolute Gasteiger partial charge is 0.271 e. The summed E-state index contributed by atoms with van der Waals surface area (Å²) in [5.74, 6) is 0.157. The summed E-state index contributed by atoms with van der Waals surface area (Å²) in [5, 5.41) is 6.02. The van der Waals surface area contributed by atoms with Crippen molar-refractivity contribution >= 4 is 17.4 Å². The number of amides is 1. The molecule has 3 aromatic rings. The summed E-state index contributed by atoms with van der Waals surface area (Å²) in [5.41, 5.74) is 5.56. The van der Waals surface area contributed by atoms with Crippen molar-refractivity contribution in [3.05, 3.63) is 53.4 Å². The molecular formula is C20H22FN7O. The van der Waals surface area contributed by atoms with Crippen LogP contribution in [0.3, 0.4) is 0 Å². The fraction of sp³-hybridized carbons (Fsp3) is 0.400. The Balaban J connectivity index is 1.70.